The van der Waals surface area contributed by atoms with Gasteiger partial charge in [-0.15, -0.1) is 0 Å². The fourth-order valence-electron chi connectivity index (χ4n) is 4.35. The van der Waals surface area contributed by atoms with Gasteiger partial charge in [-0.2, -0.15) is 18.3 Å². The maximum atomic E-state index is 13.3. The average Bonchev–Trinajstić information content (AvgIpc) is 3.35. The number of nitrogens with zero attached hydrogens (tertiary/aromatic N) is 1. The second-order valence-electron chi connectivity index (χ2n) is 9.09. The Morgan fingerprint density at radius 1 is 0.951 bits per heavy atom. The zero-order valence-electron chi connectivity index (χ0n) is 21.4. The van der Waals surface area contributed by atoms with Gasteiger partial charge in [0.1, 0.15) is 11.4 Å². The van der Waals surface area contributed by atoms with Crippen LogP contribution in [0.1, 0.15) is 37.5 Å². The average molecular weight is 620 g/mol. The number of hydrogen-bond acceptors (Lipinski definition) is 4. The van der Waals surface area contributed by atoms with E-state index in [-0.39, 0.29) is 11.3 Å². The van der Waals surface area contributed by atoms with Gasteiger partial charge in [-0.05, 0) is 54.4 Å². The van der Waals surface area contributed by atoms with Gasteiger partial charge in [0.2, 0.25) is 0 Å². The van der Waals surface area contributed by atoms with Gasteiger partial charge in [0.15, 0.2) is 0 Å². The first-order chi connectivity index (χ1) is 19.6. The molecule has 0 atom stereocenters. The maximum Gasteiger partial charge on any atom is 0.416 e. The minimum Gasteiger partial charge on any atom is -0.422 e. The van der Waals surface area contributed by atoms with Crippen LogP contribution in [-0.2, 0) is 6.18 Å². The van der Waals surface area contributed by atoms with Crippen molar-refractivity contribution in [1.82, 2.24) is 10.4 Å². The Morgan fingerprint density at radius 3 is 2.46 bits per heavy atom. The lowest BCUT2D eigenvalue weighted by molar-refractivity contribution is -0.137. The Morgan fingerprint density at radius 2 is 1.71 bits per heavy atom. The predicted octanol–water partition coefficient (Wildman–Crippen LogP) is 7.91. The number of esters is 1. The van der Waals surface area contributed by atoms with E-state index in [4.69, 9.17) is 4.74 Å². The molecule has 0 fully saturated rings. The highest BCUT2D eigenvalue weighted by Crippen LogP contribution is 2.34. The van der Waals surface area contributed by atoms with E-state index < -0.39 is 23.6 Å². The fraction of sp³-hybridized carbons (Fsp3) is 0.0645. The van der Waals surface area contributed by atoms with Crippen molar-refractivity contribution in [3.63, 3.8) is 0 Å². The minimum atomic E-state index is -4.60. The first kappa shape index (κ1) is 27.9. The molecule has 41 heavy (non-hydrogen) atoms. The van der Waals surface area contributed by atoms with Crippen LogP contribution in [0.5, 0.6) is 5.75 Å². The number of carbonyl (C=O) groups is 2. The summed E-state index contributed by atoms with van der Waals surface area (Å²) in [6, 6.07) is 23.9. The van der Waals surface area contributed by atoms with E-state index >= 15 is 0 Å². The van der Waals surface area contributed by atoms with E-state index in [2.05, 4.69) is 31.4 Å². The van der Waals surface area contributed by atoms with Gasteiger partial charge in [0.05, 0.1) is 17.3 Å². The second-order valence-corrected chi connectivity index (χ2v) is 10.0. The molecule has 206 valence electrons. The van der Waals surface area contributed by atoms with Crippen LogP contribution < -0.4 is 10.2 Å². The number of hydrazone groups is 1. The third kappa shape index (κ3) is 6.07. The van der Waals surface area contributed by atoms with Gasteiger partial charge in [-0.25, -0.2) is 10.2 Å². The predicted molar refractivity (Wildman–Crippen MR) is 154 cm³/mol. The first-order valence-corrected chi connectivity index (χ1v) is 13.1. The number of aromatic nitrogens is 1. The third-order valence-electron chi connectivity index (χ3n) is 6.30. The quantitative estimate of drug-likeness (QED) is 0.0876. The Labute approximate surface area is 241 Å². The zero-order valence-corrected chi connectivity index (χ0v) is 23.0. The Hall–Kier alpha value is -4.70. The van der Waals surface area contributed by atoms with Crippen LogP contribution in [0.4, 0.5) is 13.2 Å². The number of carbonyl (C=O) groups excluding carboxylic acids is 2. The van der Waals surface area contributed by atoms with Crippen molar-refractivity contribution in [2.45, 2.75) is 13.1 Å². The highest BCUT2D eigenvalue weighted by atomic mass is 79.9. The van der Waals surface area contributed by atoms with Crippen LogP contribution in [-0.4, -0.2) is 23.1 Å². The van der Waals surface area contributed by atoms with Crippen LogP contribution in [0, 0.1) is 6.92 Å². The summed E-state index contributed by atoms with van der Waals surface area (Å²) in [6.07, 6.45) is -3.32. The van der Waals surface area contributed by atoms with Crippen molar-refractivity contribution in [1.29, 1.82) is 0 Å². The highest BCUT2D eigenvalue weighted by Gasteiger charge is 2.31. The van der Waals surface area contributed by atoms with E-state index in [0.717, 1.165) is 45.8 Å². The number of alkyl halides is 3. The number of hydrogen-bond donors (Lipinski definition) is 2. The van der Waals surface area contributed by atoms with E-state index in [0.29, 0.717) is 15.7 Å². The molecule has 2 N–H and O–H groups in total. The van der Waals surface area contributed by atoms with Gasteiger partial charge in [0, 0.05) is 26.5 Å². The third-order valence-corrected chi connectivity index (χ3v) is 6.79. The summed E-state index contributed by atoms with van der Waals surface area (Å²) in [4.78, 5) is 29.2. The zero-order chi connectivity index (χ0) is 29.1. The molecule has 5 aromatic rings. The summed E-state index contributed by atoms with van der Waals surface area (Å²) >= 11 is 3.34. The van der Waals surface area contributed by atoms with Crippen LogP contribution in [0.2, 0.25) is 0 Å². The number of nitrogens with one attached hydrogen (secondary N) is 2. The number of aryl methyl sites for hydroxylation is 1. The largest absolute Gasteiger partial charge is 0.422 e. The number of rotatable bonds is 6. The van der Waals surface area contributed by atoms with Crippen molar-refractivity contribution < 1.29 is 27.5 Å². The number of halogens is 4. The molecule has 1 aromatic heterocycles. The van der Waals surface area contributed by atoms with Crippen LogP contribution >= 0.6 is 15.9 Å². The first-order valence-electron chi connectivity index (χ1n) is 12.3. The molecule has 10 heteroatoms. The molecule has 5 rings (SSSR count). The molecule has 0 saturated carbocycles. The molecule has 1 heterocycles. The fourth-order valence-corrected chi connectivity index (χ4v) is 4.73. The molecule has 0 saturated heterocycles. The highest BCUT2D eigenvalue weighted by molar-refractivity contribution is 9.10. The lowest BCUT2D eigenvalue weighted by Gasteiger charge is -2.10. The van der Waals surface area contributed by atoms with E-state index in [1.165, 1.54) is 18.3 Å². The minimum absolute atomic E-state index is 0.0415. The summed E-state index contributed by atoms with van der Waals surface area (Å²) < 4.78 is 45.3. The van der Waals surface area contributed by atoms with E-state index in [1.807, 2.05) is 55.5 Å². The van der Waals surface area contributed by atoms with Gasteiger partial charge < -0.3 is 9.72 Å². The number of para-hydroxylation sites is 1. The van der Waals surface area contributed by atoms with E-state index in [9.17, 15) is 22.8 Å². The molecule has 0 aliphatic rings. The van der Waals surface area contributed by atoms with E-state index in [1.54, 1.807) is 12.1 Å². The van der Waals surface area contributed by atoms with Crippen LogP contribution in [0.15, 0.2) is 101 Å². The standard InChI is InChI=1S/C31H21BrF3N3O3/c1-18-7-5-12-24-26(19-8-3-2-4-9-19)28(37-27(18)24)29(39)38-36-17-21-16-23(32)13-14-25(21)41-30(40)20-10-6-11-22(15-20)31(33,34)35/h2-17,37H,1H3,(H,38,39). The summed E-state index contributed by atoms with van der Waals surface area (Å²) in [5.41, 5.74) is 5.30. The molecule has 0 aliphatic heterocycles. The Bertz CT molecular complexity index is 1800. The number of H-pyrrole nitrogens is 1. The summed E-state index contributed by atoms with van der Waals surface area (Å²) in [6.45, 7) is 1.95. The molecule has 0 aliphatic carbocycles. The van der Waals surface area contributed by atoms with Crippen molar-refractivity contribution in [2.75, 3.05) is 0 Å². The number of aromatic amines is 1. The summed E-state index contributed by atoms with van der Waals surface area (Å²) in [5.74, 6) is -1.42. The topological polar surface area (TPSA) is 83.5 Å². The Balaban J connectivity index is 1.40. The van der Waals surface area contributed by atoms with Gasteiger partial charge in [0.25, 0.3) is 5.91 Å². The smallest absolute Gasteiger partial charge is 0.416 e. The van der Waals surface area contributed by atoms with Crippen LogP contribution in [0.3, 0.4) is 0 Å². The molecule has 0 spiro atoms. The number of amides is 1. The molecule has 6 nitrogen and oxygen atoms in total. The summed E-state index contributed by atoms with van der Waals surface area (Å²) in [5, 5.41) is 4.96. The van der Waals surface area contributed by atoms with Crippen molar-refractivity contribution >= 4 is 44.9 Å². The monoisotopic (exact) mass is 619 g/mol. The molecule has 0 bridgehead atoms. The van der Waals surface area contributed by atoms with Gasteiger partial charge in [-0.3, -0.25) is 4.79 Å². The molecular formula is C31H21BrF3N3O3. The van der Waals surface area contributed by atoms with Gasteiger partial charge in [-0.1, -0.05) is 70.5 Å². The molecular weight excluding hydrogens is 599 g/mol. The van der Waals surface area contributed by atoms with Crippen LogP contribution in [0.25, 0.3) is 22.0 Å². The van der Waals surface area contributed by atoms with Gasteiger partial charge >= 0.3 is 12.1 Å². The molecule has 0 unspecified atom stereocenters. The Kier molecular flexibility index (Phi) is 7.76. The number of fused-ring (bicyclic) bond motifs is 1. The second kappa shape index (κ2) is 11.4. The number of benzene rings is 4. The summed E-state index contributed by atoms with van der Waals surface area (Å²) in [7, 11) is 0. The molecule has 1 amide bonds. The molecule has 0 radical (unpaired) electrons. The number of ether oxygens (including phenoxy) is 1. The van der Waals surface area contributed by atoms with Crippen molar-refractivity contribution in [3.8, 4) is 16.9 Å². The van der Waals surface area contributed by atoms with Crippen molar-refractivity contribution in [2.24, 2.45) is 5.10 Å². The lowest BCUT2D eigenvalue weighted by Crippen LogP contribution is -2.19. The molecule has 4 aromatic carbocycles. The van der Waals surface area contributed by atoms with Crippen molar-refractivity contribution in [3.05, 3.63) is 123 Å². The normalized spacial score (nSPS) is 11.6. The SMILES string of the molecule is Cc1cccc2c(-c3ccccc3)c(C(=O)NN=Cc3cc(Br)ccc3OC(=O)c3cccc(C(F)(F)F)c3)[nH]c12. The maximum absolute atomic E-state index is 13.3. The lowest BCUT2D eigenvalue weighted by atomic mass is 10.0.